The van der Waals surface area contributed by atoms with Crippen molar-refractivity contribution in [3.8, 4) is 0 Å². The maximum absolute atomic E-state index is 11.5. The Kier molecular flexibility index (Phi) is 4.54. The Balaban J connectivity index is 2.60. The summed E-state index contributed by atoms with van der Waals surface area (Å²) in [4.78, 5) is 13.3. The first kappa shape index (κ1) is 12.5. The van der Waals surface area contributed by atoms with E-state index in [4.69, 9.17) is 9.84 Å². The van der Waals surface area contributed by atoms with Crippen molar-refractivity contribution in [1.29, 1.82) is 0 Å². The Morgan fingerprint density at radius 2 is 1.93 bits per heavy atom. The fourth-order valence-electron chi connectivity index (χ4n) is 2.46. The Hall–Kier alpha value is -0.610. The number of aliphatic hydroxyl groups excluding tert-OH is 1. The lowest BCUT2D eigenvalue weighted by Crippen LogP contribution is -2.52. The predicted octanol–water partition coefficient (Wildman–Crippen LogP) is 0.783. The summed E-state index contributed by atoms with van der Waals surface area (Å²) in [5.74, 6) is -0.176. The van der Waals surface area contributed by atoms with Crippen LogP contribution in [0.2, 0.25) is 0 Å². The van der Waals surface area contributed by atoms with Gasteiger partial charge in [-0.2, -0.15) is 0 Å². The average Bonchev–Trinajstić information content (AvgIpc) is 2.16. The number of likely N-dealkylation sites (tertiary alicyclic amines) is 1. The van der Waals surface area contributed by atoms with Gasteiger partial charge in [0.2, 0.25) is 5.91 Å². The quantitative estimate of drug-likeness (QED) is 0.757. The molecular weight excluding hydrogens is 194 g/mol. The number of amides is 1. The zero-order valence-corrected chi connectivity index (χ0v) is 9.77. The van der Waals surface area contributed by atoms with Gasteiger partial charge in [0.25, 0.3) is 0 Å². The highest BCUT2D eigenvalue weighted by Crippen LogP contribution is 2.25. The van der Waals surface area contributed by atoms with E-state index in [2.05, 4.69) is 0 Å². The molecule has 4 nitrogen and oxygen atoms in total. The van der Waals surface area contributed by atoms with Crippen LogP contribution in [-0.4, -0.2) is 47.3 Å². The van der Waals surface area contributed by atoms with Crippen molar-refractivity contribution in [2.45, 2.75) is 51.8 Å². The summed E-state index contributed by atoms with van der Waals surface area (Å²) in [6, 6.07) is 0.315. The molecule has 0 aromatic rings. The second-order valence-electron chi connectivity index (χ2n) is 4.21. The molecule has 88 valence electrons. The standard InChI is InChI=1S/C11H21NO3/c1-4-15-10-5-8(2)12(9(3)6-10)11(14)7-13/h8-10,13H,4-7H2,1-3H3. The minimum absolute atomic E-state index is 0.157. The summed E-state index contributed by atoms with van der Waals surface area (Å²) in [5.41, 5.74) is 0. The fraction of sp³-hybridized carbons (Fsp3) is 0.909. The van der Waals surface area contributed by atoms with Gasteiger partial charge in [-0.3, -0.25) is 4.79 Å². The van der Waals surface area contributed by atoms with Crippen LogP contribution < -0.4 is 0 Å². The van der Waals surface area contributed by atoms with Crippen molar-refractivity contribution < 1.29 is 14.6 Å². The molecule has 4 heteroatoms. The van der Waals surface area contributed by atoms with E-state index in [9.17, 15) is 4.79 Å². The van der Waals surface area contributed by atoms with E-state index >= 15 is 0 Å². The summed E-state index contributed by atoms with van der Waals surface area (Å²) in [7, 11) is 0. The molecule has 1 fully saturated rings. The fourth-order valence-corrected chi connectivity index (χ4v) is 2.46. The average molecular weight is 215 g/mol. The molecular formula is C11H21NO3. The van der Waals surface area contributed by atoms with Crippen molar-refractivity contribution in [3.63, 3.8) is 0 Å². The summed E-state index contributed by atoms with van der Waals surface area (Å²) in [6.07, 6.45) is 1.98. The summed E-state index contributed by atoms with van der Waals surface area (Å²) in [5, 5.41) is 8.87. The molecule has 1 heterocycles. The first-order valence-electron chi connectivity index (χ1n) is 5.63. The first-order valence-corrected chi connectivity index (χ1v) is 5.63. The number of carbonyl (C=O) groups excluding carboxylic acids is 1. The predicted molar refractivity (Wildman–Crippen MR) is 57.5 cm³/mol. The molecule has 1 aliphatic rings. The van der Waals surface area contributed by atoms with Crippen molar-refractivity contribution in [1.82, 2.24) is 4.90 Å². The summed E-state index contributed by atoms with van der Waals surface area (Å²) in [6.45, 7) is 6.33. The van der Waals surface area contributed by atoms with E-state index < -0.39 is 6.61 Å². The topological polar surface area (TPSA) is 49.8 Å². The Labute approximate surface area is 91.2 Å². The first-order chi connectivity index (χ1) is 7.10. The maximum atomic E-state index is 11.5. The molecule has 1 amide bonds. The third kappa shape index (κ3) is 2.92. The molecule has 1 N–H and O–H groups in total. The SMILES string of the molecule is CCOC1CC(C)N(C(=O)CO)C(C)C1. The monoisotopic (exact) mass is 215 g/mol. The smallest absolute Gasteiger partial charge is 0.248 e. The van der Waals surface area contributed by atoms with Gasteiger partial charge in [-0.15, -0.1) is 0 Å². The van der Waals surface area contributed by atoms with Gasteiger partial charge < -0.3 is 14.7 Å². The van der Waals surface area contributed by atoms with E-state index in [0.717, 1.165) is 19.4 Å². The Morgan fingerprint density at radius 3 is 2.33 bits per heavy atom. The van der Waals surface area contributed by atoms with Crippen LogP contribution >= 0.6 is 0 Å². The van der Waals surface area contributed by atoms with Gasteiger partial charge in [-0.05, 0) is 33.6 Å². The molecule has 15 heavy (non-hydrogen) atoms. The normalized spacial score (nSPS) is 31.7. The second-order valence-corrected chi connectivity index (χ2v) is 4.21. The van der Waals surface area contributed by atoms with Crippen molar-refractivity contribution in [3.05, 3.63) is 0 Å². The second kappa shape index (κ2) is 5.47. The van der Waals surface area contributed by atoms with Gasteiger partial charge in [0.15, 0.2) is 0 Å². The minimum atomic E-state index is -0.395. The number of ether oxygens (including phenoxy) is 1. The highest BCUT2D eigenvalue weighted by atomic mass is 16.5. The number of hydrogen-bond acceptors (Lipinski definition) is 3. The van der Waals surface area contributed by atoms with Gasteiger partial charge >= 0.3 is 0 Å². The number of hydrogen-bond donors (Lipinski definition) is 1. The molecule has 0 saturated carbocycles. The summed E-state index contributed by atoms with van der Waals surface area (Å²) >= 11 is 0. The molecule has 2 unspecified atom stereocenters. The number of aliphatic hydroxyl groups is 1. The molecule has 2 atom stereocenters. The molecule has 0 radical (unpaired) electrons. The van der Waals surface area contributed by atoms with Crippen LogP contribution in [0.3, 0.4) is 0 Å². The molecule has 0 aromatic carbocycles. The zero-order valence-electron chi connectivity index (χ0n) is 9.77. The summed E-state index contributed by atoms with van der Waals surface area (Å²) < 4.78 is 5.58. The number of rotatable bonds is 3. The van der Waals surface area contributed by atoms with E-state index in [1.165, 1.54) is 0 Å². The lowest BCUT2D eigenvalue weighted by molar-refractivity contribution is -0.143. The van der Waals surface area contributed by atoms with Crippen LogP contribution in [0.15, 0.2) is 0 Å². The van der Waals surface area contributed by atoms with Crippen molar-refractivity contribution >= 4 is 5.91 Å². The minimum Gasteiger partial charge on any atom is -0.387 e. The molecule has 0 spiro atoms. The third-order valence-corrected chi connectivity index (χ3v) is 2.98. The lowest BCUT2D eigenvalue weighted by atomic mass is 9.94. The molecule has 0 aliphatic carbocycles. The van der Waals surface area contributed by atoms with Crippen molar-refractivity contribution in [2.24, 2.45) is 0 Å². The molecule has 1 saturated heterocycles. The van der Waals surface area contributed by atoms with Crippen LogP contribution in [0.5, 0.6) is 0 Å². The third-order valence-electron chi connectivity index (χ3n) is 2.98. The number of carbonyl (C=O) groups is 1. The number of piperidine rings is 1. The van der Waals surface area contributed by atoms with E-state index in [1.54, 1.807) is 4.90 Å². The lowest BCUT2D eigenvalue weighted by Gasteiger charge is -2.42. The zero-order chi connectivity index (χ0) is 11.4. The Morgan fingerprint density at radius 1 is 1.40 bits per heavy atom. The van der Waals surface area contributed by atoms with Crippen LogP contribution in [0, 0.1) is 0 Å². The van der Waals surface area contributed by atoms with Gasteiger partial charge in [0.05, 0.1) is 6.10 Å². The van der Waals surface area contributed by atoms with Gasteiger partial charge in [0.1, 0.15) is 6.61 Å². The van der Waals surface area contributed by atoms with Crippen molar-refractivity contribution in [2.75, 3.05) is 13.2 Å². The van der Waals surface area contributed by atoms with E-state index in [0.29, 0.717) is 0 Å². The largest absolute Gasteiger partial charge is 0.387 e. The Bertz CT molecular complexity index is 208. The number of nitrogens with zero attached hydrogens (tertiary/aromatic N) is 1. The van der Waals surface area contributed by atoms with Gasteiger partial charge in [-0.1, -0.05) is 0 Å². The molecule has 0 aromatic heterocycles. The van der Waals surface area contributed by atoms with Gasteiger partial charge in [0, 0.05) is 18.7 Å². The highest BCUT2D eigenvalue weighted by Gasteiger charge is 2.33. The van der Waals surface area contributed by atoms with Crippen LogP contribution in [0.4, 0.5) is 0 Å². The molecule has 1 rings (SSSR count). The van der Waals surface area contributed by atoms with Crippen LogP contribution in [-0.2, 0) is 9.53 Å². The highest BCUT2D eigenvalue weighted by molar-refractivity contribution is 5.77. The maximum Gasteiger partial charge on any atom is 0.248 e. The van der Waals surface area contributed by atoms with Crippen LogP contribution in [0.1, 0.15) is 33.6 Å². The molecule has 1 aliphatic heterocycles. The molecule has 0 bridgehead atoms. The van der Waals surface area contributed by atoms with E-state index in [-0.39, 0.29) is 24.1 Å². The van der Waals surface area contributed by atoms with Gasteiger partial charge in [-0.25, -0.2) is 0 Å². The van der Waals surface area contributed by atoms with Crippen LogP contribution in [0.25, 0.3) is 0 Å². The van der Waals surface area contributed by atoms with E-state index in [1.807, 2.05) is 20.8 Å².